The van der Waals surface area contributed by atoms with Gasteiger partial charge in [-0.3, -0.25) is 4.79 Å². The molecule has 1 aromatic heterocycles. The van der Waals surface area contributed by atoms with Crippen molar-refractivity contribution < 1.29 is 13.6 Å². The number of aromatic nitrogens is 1. The third-order valence-electron chi connectivity index (χ3n) is 3.74. The molecule has 0 saturated carbocycles. The minimum absolute atomic E-state index is 0.0788. The Balaban J connectivity index is 1.81. The Labute approximate surface area is 129 Å². The molecule has 1 N–H and O–H groups in total. The summed E-state index contributed by atoms with van der Waals surface area (Å²) in [5.74, 6) is 0.768. The second-order valence-corrected chi connectivity index (χ2v) is 5.50. The summed E-state index contributed by atoms with van der Waals surface area (Å²) in [5.41, 5.74) is 1.47. The van der Waals surface area contributed by atoms with Gasteiger partial charge >= 0.3 is 0 Å². The van der Waals surface area contributed by atoms with Crippen LogP contribution in [-0.4, -0.2) is 10.9 Å². The maximum Gasteiger partial charge on any atom is 0.223 e. The van der Waals surface area contributed by atoms with Crippen molar-refractivity contribution in [1.29, 1.82) is 0 Å². The van der Waals surface area contributed by atoms with Gasteiger partial charge in [-0.1, -0.05) is 25.1 Å². The van der Waals surface area contributed by atoms with E-state index >= 15 is 0 Å². The summed E-state index contributed by atoms with van der Waals surface area (Å²) in [6.45, 7) is 5.81. The van der Waals surface area contributed by atoms with Gasteiger partial charge in [0.15, 0.2) is 0 Å². The summed E-state index contributed by atoms with van der Waals surface area (Å²) in [4.78, 5) is 16.3. The number of oxazole rings is 1. The van der Waals surface area contributed by atoms with E-state index in [1.165, 1.54) is 6.07 Å². The molecule has 0 saturated heterocycles. The van der Waals surface area contributed by atoms with Crippen LogP contribution in [0.5, 0.6) is 0 Å². The Morgan fingerprint density at radius 3 is 2.73 bits per heavy atom. The molecule has 0 aliphatic rings. The fourth-order valence-corrected chi connectivity index (χ4v) is 2.16. The van der Waals surface area contributed by atoms with Gasteiger partial charge in [-0.05, 0) is 38.3 Å². The molecule has 0 aliphatic carbocycles. The molecule has 1 unspecified atom stereocenters. The first-order chi connectivity index (χ1) is 10.5. The van der Waals surface area contributed by atoms with E-state index < -0.39 is 0 Å². The predicted octanol–water partition coefficient (Wildman–Crippen LogP) is 3.32. The molecule has 5 heteroatoms. The Morgan fingerprint density at radius 2 is 2.09 bits per heavy atom. The number of nitrogens with zero attached hydrogens (tertiary/aromatic N) is 1. The van der Waals surface area contributed by atoms with E-state index in [0.717, 1.165) is 11.5 Å². The van der Waals surface area contributed by atoms with E-state index in [2.05, 4.69) is 10.3 Å². The number of nitrogens with one attached hydrogen (secondary N) is 1. The van der Waals surface area contributed by atoms with Crippen molar-refractivity contribution >= 4 is 5.91 Å². The van der Waals surface area contributed by atoms with Crippen molar-refractivity contribution in [3.05, 3.63) is 53.0 Å². The summed E-state index contributed by atoms with van der Waals surface area (Å²) in [6.07, 6.45) is 1.13. The summed E-state index contributed by atoms with van der Waals surface area (Å²) in [6, 6.07) is 6.65. The molecule has 0 radical (unpaired) electrons. The molecule has 1 heterocycles. The normalized spacial score (nSPS) is 12.2. The van der Waals surface area contributed by atoms with Crippen molar-refractivity contribution in [2.24, 2.45) is 5.92 Å². The Hall–Kier alpha value is -2.17. The van der Waals surface area contributed by atoms with Crippen LogP contribution < -0.4 is 5.32 Å². The molecule has 1 aromatic carbocycles. The van der Waals surface area contributed by atoms with Crippen LogP contribution in [0.4, 0.5) is 4.39 Å². The lowest BCUT2D eigenvalue weighted by atomic mass is 10.00. The lowest BCUT2D eigenvalue weighted by Gasteiger charge is -2.11. The standard InChI is InChI=1S/C17H21FN2O2/c1-11(8-9-14-6-4-5-7-15(14)18)17(21)19-10-16-20-12(2)13(3)22-16/h4-7,11H,8-10H2,1-3H3,(H,19,21). The number of benzene rings is 1. The van der Waals surface area contributed by atoms with Gasteiger partial charge in [-0.15, -0.1) is 0 Å². The number of aryl methyl sites for hydroxylation is 3. The zero-order valence-corrected chi connectivity index (χ0v) is 13.1. The Bertz CT molecular complexity index is 632. The van der Waals surface area contributed by atoms with Crippen LogP contribution in [0.15, 0.2) is 28.7 Å². The number of rotatable bonds is 6. The van der Waals surface area contributed by atoms with Crippen LogP contribution in [-0.2, 0) is 17.8 Å². The summed E-state index contributed by atoms with van der Waals surface area (Å²) in [7, 11) is 0. The fourth-order valence-electron chi connectivity index (χ4n) is 2.16. The molecule has 22 heavy (non-hydrogen) atoms. The maximum atomic E-state index is 13.5. The number of amides is 1. The quantitative estimate of drug-likeness (QED) is 0.890. The summed E-state index contributed by atoms with van der Waals surface area (Å²) >= 11 is 0. The van der Waals surface area contributed by atoms with Gasteiger partial charge in [0.25, 0.3) is 0 Å². The van der Waals surface area contributed by atoms with Crippen LogP contribution in [0.1, 0.15) is 36.3 Å². The topological polar surface area (TPSA) is 55.1 Å². The van der Waals surface area contributed by atoms with E-state index in [0.29, 0.717) is 24.3 Å². The summed E-state index contributed by atoms with van der Waals surface area (Å²) in [5, 5.41) is 2.80. The van der Waals surface area contributed by atoms with Crippen LogP contribution in [0.25, 0.3) is 0 Å². The van der Waals surface area contributed by atoms with Crippen molar-refractivity contribution in [2.75, 3.05) is 0 Å². The molecular formula is C17H21FN2O2. The van der Waals surface area contributed by atoms with Gasteiger partial charge < -0.3 is 9.73 Å². The van der Waals surface area contributed by atoms with Gasteiger partial charge in [-0.2, -0.15) is 0 Å². The van der Waals surface area contributed by atoms with Gasteiger partial charge in [-0.25, -0.2) is 9.37 Å². The molecule has 4 nitrogen and oxygen atoms in total. The highest BCUT2D eigenvalue weighted by atomic mass is 19.1. The van der Waals surface area contributed by atoms with E-state index in [1.807, 2.05) is 20.8 Å². The van der Waals surface area contributed by atoms with Crippen molar-refractivity contribution in [1.82, 2.24) is 10.3 Å². The molecule has 118 valence electrons. The van der Waals surface area contributed by atoms with Gasteiger partial charge in [0.2, 0.25) is 11.8 Å². The number of carbonyl (C=O) groups is 1. The second-order valence-electron chi connectivity index (χ2n) is 5.50. The Kier molecular flexibility index (Phi) is 5.31. The molecule has 2 aromatic rings. The molecule has 1 amide bonds. The minimum Gasteiger partial charge on any atom is -0.444 e. The van der Waals surface area contributed by atoms with Crippen molar-refractivity contribution in [3.8, 4) is 0 Å². The second kappa shape index (κ2) is 7.20. The lowest BCUT2D eigenvalue weighted by Crippen LogP contribution is -2.29. The monoisotopic (exact) mass is 304 g/mol. The molecule has 0 bridgehead atoms. The van der Waals surface area contributed by atoms with Gasteiger partial charge in [0.05, 0.1) is 12.2 Å². The predicted molar refractivity (Wildman–Crippen MR) is 81.7 cm³/mol. The molecule has 2 rings (SSSR count). The SMILES string of the molecule is Cc1nc(CNC(=O)C(C)CCc2ccccc2F)oc1C. The highest BCUT2D eigenvalue weighted by Crippen LogP contribution is 2.13. The van der Waals surface area contributed by atoms with E-state index in [4.69, 9.17) is 4.42 Å². The third kappa shape index (κ3) is 4.16. The molecular weight excluding hydrogens is 283 g/mol. The van der Waals surface area contributed by atoms with Crippen LogP contribution in [0, 0.1) is 25.6 Å². The molecule has 1 atom stereocenters. The van der Waals surface area contributed by atoms with Crippen molar-refractivity contribution in [3.63, 3.8) is 0 Å². The van der Waals surface area contributed by atoms with E-state index in [9.17, 15) is 9.18 Å². The molecule has 0 fully saturated rings. The zero-order chi connectivity index (χ0) is 16.1. The van der Waals surface area contributed by atoms with E-state index in [1.54, 1.807) is 18.2 Å². The third-order valence-corrected chi connectivity index (χ3v) is 3.74. The van der Waals surface area contributed by atoms with Crippen molar-refractivity contribution in [2.45, 2.75) is 40.2 Å². The largest absolute Gasteiger partial charge is 0.444 e. The van der Waals surface area contributed by atoms with Gasteiger partial charge in [0.1, 0.15) is 11.6 Å². The summed E-state index contributed by atoms with van der Waals surface area (Å²) < 4.78 is 18.9. The first kappa shape index (κ1) is 16.2. The van der Waals surface area contributed by atoms with Crippen LogP contribution in [0.3, 0.4) is 0 Å². The number of halogens is 1. The first-order valence-corrected chi connectivity index (χ1v) is 7.41. The Morgan fingerprint density at radius 1 is 1.36 bits per heavy atom. The average molecular weight is 304 g/mol. The molecule has 0 aliphatic heterocycles. The smallest absolute Gasteiger partial charge is 0.223 e. The van der Waals surface area contributed by atoms with Crippen LogP contribution >= 0.6 is 0 Å². The minimum atomic E-state index is -0.221. The maximum absolute atomic E-state index is 13.5. The fraction of sp³-hybridized carbons (Fsp3) is 0.412. The first-order valence-electron chi connectivity index (χ1n) is 7.41. The highest BCUT2D eigenvalue weighted by molar-refractivity contribution is 5.78. The van der Waals surface area contributed by atoms with Gasteiger partial charge in [0, 0.05) is 5.92 Å². The number of carbonyl (C=O) groups excluding carboxylic acids is 1. The highest BCUT2D eigenvalue weighted by Gasteiger charge is 2.15. The average Bonchev–Trinajstić information content (AvgIpc) is 2.82. The van der Waals surface area contributed by atoms with E-state index in [-0.39, 0.29) is 24.2 Å². The zero-order valence-electron chi connectivity index (χ0n) is 13.1. The number of hydrogen-bond donors (Lipinski definition) is 1. The number of hydrogen-bond acceptors (Lipinski definition) is 3. The van der Waals surface area contributed by atoms with Crippen LogP contribution in [0.2, 0.25) is 0 Å². The molecule has 0 spiro atoms. The lowest BCUT2D eigenvalue weighted by molar-refractivity contribution is -0.124.